The maximum Gasteiger partial charge on any atom is 0.573 e. The largest absolute Gasteiger partial charge is 0.573 e. The molecule has 0 aliphatic heterocycles. The summed E-state index contributed by atoms with van der Waals surface area (Å²) in [7, 11) is 0. The summed E-state index contributed by atoms with van der Waals surface area (Å²) < 4.78 is 47.7. The third kappa shape index (κ3) is 5.31. The topological polar surface area (TPSA) is 82.2 Å². The first kappa shape index (κ1) is 20.7. The Bertz CT molecular complexity index is 1150. The molecule has 31 heavy (non-hydrogen) atoms. The number of hydrogen-bond acceptors (Lipinski definition) is 6. The first-order valence-corrected chi connectivity index (χ1v) is 9.90. The average Bonchev–Trinajstić information content (AvgIpc) is 3.47. The van der Waals surface area contributed by atoms with E-state index in [0.29, 0.717) is 17.8 Å². The van der Waals surface area contributed by atoms with E-state index in [1.807, 2.05) is 17.5 Å². The standard InChI is InChI=1S/C20H15F3N4O3S/c21-20(22,23)29-14-7-5-13(6-8-14)18-25-19(30-26-18)16-4-1-9-27(16)12-17(28)24-11-15-3-2-10-31-15/h1-10H,11-12H2,(H,24,28). The van der Waals surface area contributed by atoms with Crippen LogP contribution in [0.15, 0.2) is 64.6 Å². The van der Waals surface area contributed by atoms with Crippen LogP contribution in [-0.4, -0.2) is 27.0 Å². The molecule has 4 rings (SSSR count). The van der Waals surface area contributed by atoms with Crippen molar-refractivity contribution in [1.82, 2.24) is 20.0 Å². The van der Waals surface area contributed by atoms with Gasteiger partial charge in [0.15, 0.2) is 0 Å². The second kappa shape index (κ2) is 8.64. The Morgan fingerprint density at radius 2 is 1.97 bits per heavy atom. The molecule has 1 N–H and O–H groups in total. The molecule has 0 unspecified atom stereocenters. The predicted octanol–water partition coefficient (Wildman–Crippen LogP) is 4.48. The SMILES string of the molecule is O=C(Cn1cccc1-c1nc(-c2ccc(OC(F)(F)F)cc2)no1)NCc1cccs1. The summed E-state index contributed by atoms with van der Waals surface area (Å²) in [5.74, 6) is -0.140. The number of rotatable bonds is 7. The Labute approximate surface area is 178 Å². The van der Waals surface area contributed by atoms with Crippen LogP contribution in [0.3, 0.4) is 0 Å². The fourth-order valence-electron chi connectivity index (χ4n) is 2.81. The third-order valence-electron chi connectivity index (χ3n) is 4.17. The quantitative estimate of drug-likeness (QED) is 0.451. The first-order valence-electron chi connectivity index (χ1n) is 9.02. The van der Waals surface area contributed by atoms with Gasteiger partial charge in [0.1, 0.15) is 18.0 Å². The summed E-state index contributed by atoms with van der Waals surface area (Å²) >= 11 is 1.56. The number of benzene rings is 1. The lowest BCUT2D eigenvalue weighted by Gasteiger charge is -2.08. The van der Waals surface area contributed by atoms with Gasteiger partial charge >= 0.3 is 6.36 Å². The number of ether oxygens (including phenoxy) is 1. The van der Waals surface area contributed by atoms with Gasteiger partial charge in [-0.1, -0.05) is 11.2 Å². The highest BCUT2D eigenvalue weighted by Gasteiger charge is 2.31. The van der Waals surface area contributed by atoms with Gasteiger partial charge in [0.05, 0.1) is 6.54 Å². The van der Waals surface area contributed by atoms with Crippen LogP contribution in [0.4, 0.5) is 13.2 Å². The minimum absolute atomic E-state index is 0.0644. The van der Waals surface area contributed by atoms with Crippen LogP contribution in [0.2, 0.25) is 0 Å². The van der Waals surface area contributed by atoms with Crippen molar-refractivity contribution in [2.45, 2.75) is 19.5 Å². The maximum atomic E-state index is 12.3. The third-order valence-corrected chi connectivity index (χ3v) is 5.05. The highest BCUT2D eigenvalue weighted by molar-refractivity contribution is 7.09. The van der Waals surface area contributed by atoms with E-state index in [1.165, 1.54) is 24.3 Å². The normalized spacial score (nSPS) is 11.5. The summed E-state index contributed by atoms with van der Waals surface area (Å²) in [5.41, 5.74) is 0.998. The van der Waals surface area contributed by atoms with Crippen LogP contribution in [0, 0.1) is 0 Å². The minimum Gasteiger partial charge on any atom is -0.406 e. The van der Waals surface area contributed by atoms with E-state index in [4.69, 9.17) is 4.52 Å². The van der Waals surface area contributed by atoms with Crippen molar-refractivity contribution < 1.29 is 27.2 Å². The lowest BCUT2D eigenvalue weighted by atomic mass is 10.2. The molecule has 0 bridgehead atoms. The van der Waals surface area contributed by atoms with E-state index < -0.39 is 6.36 Å². The van der Waals surface area contributed by atoms with E-state index in [0.717, 1.165) is 4.88 Å². The number of amides is 1. The van der Waals surface area contributed by atoms with E-state index in [9.17, 15) is 18.0 Å². The average molecular weight is 448 g/mol. The predicted molar refractivity (Wildman–Crippen MR) is 106 cm³/mol. The fourth-order valence-corrected chi connectivity index (χ4v) is 3.45. The van der Waals surface area contributed by atoms with E-state index in [2.05, 4.69) is 20.2 Å². The number of thiophene rings is 1. The van der Waals surface area contributed by atoms with Gasteiger partial charge in [-0.15, -0.1) is 24.5 Å². The van der Waals surface area contributed by atoms with Gasteiger partial charge in [-0.05, 0) is 47.8 Å². The fraction of sp³-hybridized carbons (Fsp3) is 0.150. The van der Waals surface area contributed by atoms with Gasteiger partial charge in [-0.25, -0.2) is 0 Å². The zero-order valence-electron chi connectivity index (χ0n) is 15.8. The maximum absolute atomic E-state index is 12.3. The molecule has 0 saturated heterocycles. The van der Waals surface area contributed by atoms with Crippen LogP contribution in [-0.2, 0) is 17.9 Å². The number of nitrogens with zero attached hydrogens (tertiary/aromatic N) is 3. The summed E-state index contributed by atoms with van der Waals surface area (Å²) in [4.78, 5) is 17.6. The number of hydrogen-bond donors (Lipinski definition) is 1. The molecule has 0 fully saturated rings. The molecule has 0 saturated carbocycles. The Kier molecular flexibility index (Phi) is 5.76. The molecule has 3 aromatic heterocycles. The number of aromatic nitrogens is 3. The van der Waals surface area contributed by atoms with Gasteiger partial charge in [-0.2, -0.15) is 4.98 Å². The van der Waals surface area contributed by atoms with Crippen molar-refractivity contribution in [2.24, 2.45) is 0 Å². The summed E-state index contributed by atoms with van der Waals surface area (Å²) in [6, 6.07) is 12.5. The summed E-state index contributed by atoms with van der Waals surface area (Å²) in [5, 5.41) is 8.66. The molecule has 160 valence electrons. The Hall–Kier alpha value is -3.60. The molecule has 3 heterocycles. The number of alkyl halides is 3. The second-order valence-electron chi connectivity index (χ2n) is 6.37. The van der Waals surface area contributed by atoms with E-state index >= 15 is 0 Å². The first-order chi connectivity index (χ1) is 14.9. The monoisotopic (exact) mass is 448 g/mol. The zero-order valence-corrected chi connectivity index (χ0v) is 16.6. The number of halogens is 3. The van der Waals surface area contributed by atoms with E-state index in [-0.39, 0.29) is 29.9 Å². The minimum atomic E-state index is -4.76. The van der Waals surface area contributed by atoms with Crippen molar-refractivity contribution in [3.63, 3.8) is 0 Å². The van der Waals surface area contributed by atoms with Gasteiger partial charge in [-0.3, -0.25) is 4.79 Å². The van der Waals surface area contributed by atoms with Gasteiger partial charge < -0.3 is 19.1 Å². The van der Waals surface area contributed by atoms with Gasteiger partial charge in [0.25, 0.3) is 5.89 Å². The molecule has 4 aromatic rings. The summed E-state index contributed by atoms with van der Waals surface area (Å²) in [6.07, 6.45) is -3.05. The van der Waals surface area contributed by atoms with E-state index in [1.54, 1.807) is 34.2 Å². The molecule has 0 radical (unpaired) electrons. The molecule has 0 aliphatic rings. The Balaban J connectivity index is 1.44. The highest BCUT2D eigenvalue weighted by Crippen LogP contribution is 2.27. The second-order valence-corrected chi connectivity index (χ2v) is 7.40. The van der Waals surface area contributed by atoms with Crippen molar-refractivity contribution in [1.29, 1.82) is 0 Å². The van der Waals surface area contributed by atoms with Crippen molar-refractivity contribution in [3.05, 3.63) is 65.0 Å². The van der Waals surface area contributed by atoms with Crippen LogP contribution >= 0.6 is 11.3 Å². The highest BCUT2D eigenvalue weighted by atomic mass is 32.1. The van der Waals surface area contributed by atoms with Crippen LogP contribution in [0.1, 0.15) is 4.88 Å². The van der Waals surface area contributed by atoms with Gasteiger partial charge in [0.2, 0.25) is 11.7 Å². The number of carbonyl (C=O) groups excluding carboxylic acids is 1. The van der Waals surface area contributed by atoms with Crippen molar-refractivity contribution in [3.8, 4) is 28.7 Å². The van der Waals surface area contributed by atoms with Crippen LogP contribution in [0.25, 0.3) is 23.0 Å². The number of carbonyl (C=O) groups is 1. The Morgan fingerprint density at radius 1 is 1.16 bits per heavy atom. The molecular weight excluding hydrogens is 433 g/mol. The lowest BCUT2D eigenvalue weighted by molar-refractivity contribution is -0.274. The Morgan fingerprint density at radius 3 is 2.68 bits per heavy atom. The smallest absolute Gasteiger partial charge is 0.406 e. The molecule has 0 atom stereocenters. The zero-order chi connectivity index (χ0) is 21.8. The molecule has 1 aromatic carbocycles. The van der Waals surface area contributed by atoms with Crippen molar-refractivity contribution >= 4 is 17.2 Å². The van der Waals surface area contributed by atoms with Gasteiger partial charge in [0, 0.05) is 16.6 Å². The van der Waals surface area contributed by atoms with Crippen molar-refractivity contribution in [2.75, 3.05) is 0 Å². The molecule has 0 aliphatic carbocycles. The molecule has 1 amide bonds. The summed E-state index contributed by atoms with van der Waals surface area (Å²) in [6.45, 7) is 0.515. The molecular formula is C20H15F3N4O3S. The molecule has 0 spiro atoms. The number of nitrogens with one attached hydrogen (secondary N) is 1. The molecule has 7 nitrogen and oxygen atoms in total. The van der Waals surface area contributed by atoms with Crippen LogP contribution < -0.4 is 10.1 Å². The van der Waals surface area contributed by atoms with Crippen LogP contribution in [0.5, 0.6) is 5.75 Å². The molecule has 11 heteroatoms. The lowest BCUT2D eigenvalue weighted by Crippen LogP contribution is -2.26.